The minimum Gasteiger partial charge on any atom is -0.497 e. The number of fused-ring (bicyclic) bond motifs is 1. The molecule has 0 unspecified atom stereocenters. The van der Waals surface area contributed by atoms with Crippen LogP contribution in [0.1, 0.15) is 0 Å². The molecule has 4 rings (SSSR count). The van der Waals surface area contributed by atoms with Crippen LogP contribution >= 0.6 is 22.9 Å². The Morgan fingerprint density at radius 3 is 2.87 bits per heavy atom. The van der Waals surface area contributed by atoms with Gasteiger partial charge in [0.1, 0.15) is 23.8 Å². The van der Waals surface area contributed by atoms with E-state index in [1.165, 1.54) is 16.2 Å². The number of carbonyl (C=O) groups excluding carboxylic acids is 2. The Balaban J connectivity index is 1.49. The average Bonchev–Trinajstić information content (AvgIpc) is 3.23. The minimum absolute atomic E-state index is 0.138. The predicted octanol–water partition coefficient (Wildman–Crippen LogP) is 3.84. The first-order valence-corrected chi connectivity index (χ1v) is 10.4. The topological polar surface area (TPSA) is 90.0 Å². The number of benzene rings is 2. The van der Waals surface area contributed by atoms with Gasteiger partial charge in [0.2, 0.25) is 5.91 Å². The maximum atomic E-state index is 12.6. The summed E-state index contributed by atoms with van der Waals surface area (Å²) in [4.78, 5) is 30.7. The van der Waals surface area contributed by atoms with E-state index in [2.05, 4.69) is 10.3 Å². The van der Waals surface area contributed by atoms with E-state index in [-0.39, 0.29) is 25.0 Å². The van der Waals surface area contributed by atoms with Crippen molar-refractivity contribution in [2.24, 2.45) is 0 Å². The third kappa shape index (κ3) is 4.42. The molecule has 0 bridgehead atoms. The van der Waals surface area contributed by atoms with Crippen LogP contribution in [-0.2, 0) is 9.59 Å². The lowest BCUT2D eigenvalue weighted by molar-refractivity contribution is -0.123. The van der Waals surface area contributed by atoms with Gasteiger partial charge in [-0.25, -0.2) is 4.98 Å². The number of aromatic nitrogens is 1. The molecule has 2 aromatic carbocycles. The number of nitrogens with zero attached hydrogens (tertiary/aromatic N) is 2. The van der Waals surface area contributed by atoms with Gasteiger partial charge in [-0.05, 0) is 30.3 Å². The molecule has 2 amide bonds. The van der Waals surface area contributed by atoms with E-state index in [0.717, 1.165) is 5.56 Å². The fourth-order valence-electron chi connectivity index (χ4n) is 3.12. The highest BCUT2D eigenvalue weighted by molar-refractivity contribution is 7.14. The number of amides is 2. The van der Waals surface area contributed by atoms with Crippen LogP contribution in [-0.4, -0.2) is 44.2 Å². The molecule has 1 aromatic heterocycles. The molecule has 3 aromatic rings. The first kappa shape index (κ1) is 21.0. The van der Waals surface area contributed by atoms with Gasteiger partial charge in [0.05, 0.1) is 25.6 Å². The number of halogens is 1. The van der Waals surface area contributed by atoms with Gasteiger partial charge in [0.25, 0.3) is 5.91 Å². The van der Waals surface area contributed by atoms with E-state index in [4.69, 9.17) is 25.8 Å². The van der Waals surface area contributed by atoms with Crippen molar-refractivity contribution in [3.8, 4) is 28.5 Å². The Morgan fingerprint density at radius 2 is 2.10 bits per heavy atom. The quantitative estimate of drug-likeness (QED) is 0.602. The molecular weight excluding hydrogens is 442 g/mol. The molecule has 0 atom stereocenters. The van der Waals surface area contributed by atoms with Gasteiger partial charge in [-0.3, -0.25) is 14.5 Å². The Morgan fingerprint density at radius 1 is 1.26 bits per heavy atom. The SMILES string of the molecule is COc1ccc(-c2csc(NC(=O)CN3C(=O)COc4ccc(Cl)cc43)n2)c(OC)c1. The largest absolute Gasteiger partial charge is 0.497 e. The van der Waals surface area contributed by atoms with Crippen LogP contribution in [0.25, 0.3) is 11.3 Å². The van der Waals surface area contributed by atoms with Crippen LogP contribution in [0.4, 0.5) is 10.8 Å². The van der Waals surface area contributed by atoms with Crippen molar-refractivity contribution in [2.75, 3.05) is 37.6 Å². The summed E-state index contributed by atoms with van der Waals surface area (Å²) in [6.45, 7) is -0.323. The van der Waals surface area contributed by atoms with Crippen LogP contribution in [0.15, 0.2) is 41.8 Å². The average molecular weight is 460 g/mol. The second-order valence-corrected chi connectivity index (χ2v) is 7.83. The second kappa shape index (κ2) is 8.83. The van der Waals surface area contributed by atoms with Crippen molar-refractivity contribution in [3.63, 3.8) is 0 Å². The number of thiazole rings is 1. The fourth-order valence-corrected chi connectivity index (χ4v) is 4.01. The number of nitrogens with one attached hydrogen (secondary N) is 1. The van der Waals surface area contributed by atoms with Gasteiger partial charge in [0.15, 0.2) is 11.7 Å². The summed E-state index contributed by atoms with van der Waals surface area (Å²) >= 11 is 7.31. The summed E-state index contributed by atoms with van der Waals surface area (Å²) in [7, 11) is 3.15. The molecular formula is C21H18ClN3O5S. The summed E-state index contributed by atoms with van der Waals surface area (Å²) in [6, 6.07) is 10.3. The van der Waals surface area contributed by atoms with Crippen molar-refractivity contribution in [2.45, 2.75) is 0 Å². The number of methoxy groups -OCH3 is 2. The third-order valence-corrected chi connectivity index (χ3v) is 5.59. The molecule has 0 aliphatic carbocycles. The Kier molecular flexibility index (Phi) is 5.97. The van der Waals surface area contributed by atoms with Crippen LogP contribution in [0.2, 0.25) is 5.02 Å². The second-order valence-electron chi connectivity index (χ2n) is 6.53. The molecule has 8 nitrogen and oxygen atoms in total. The van der Waals surface area contributed by atoms with Gasteiger partial charge in [-0.1, -0.05) is 11.6 Å². The highest BCUT2D eigenvalue weighted by atomic mass is 35.5. The van der Waals surface area contributed by atoms with Crippen molar-refractivity contribution in [1.82, 2.24) is 4.98 Å². The van der Waals surface area contributed by atoms with E-state index in [0.29, 0.717) is 38.8 Å². The van der Waals surface area contributed by atoms with Gasteiger partial charge in [-0.15, -0.1) is 11.3 Å². The molecule has 1 aliphatic rings. The molecule has 0 fully saturated rings. The Labute approximate surface area is 187 Å². The van der Waals surface area contributed by atoms with Crippen molar-refractivity contribution >= 4 is 45.6 Å². The maximum absolute atomic E-state index is 12.6. The van der Waals surface area contributed by atoms with E-state index in [1.807, 2.05) is 17.5 Å². The van der Waals surface area contributed by atoms with Crippen molar-refractivity contribution in [1.29, 1.82) is 0 Å². The Bertz CT molecular complexity index is 1150. The summed E-state index contributed by atoms with van der Waals surface area (Å²) < 4.78 is 16.0. The lowest BCUT2D eigenvalue weighted by Crippen LogP contribution is -2.43. The lowest BCUT2D eigenvalue weighted by Gasteiger charge is -2.28. The number of hydrogen-bond donors (Lipinski definition) is 1. The van der Waals surface area contributed by atoms with Crippen molar-refractivity contribution < 1.29 is 23.8 Å². The van der Waals surface area contributed by atoms with Crippen molar-refractivity contribution in [3.05, 3.63) is 46.8 Å². The normalized spacial score (nSPS) is 12.7. The van der Waals surface area contributed by atoms with E-state index in [9.17, 15) is 9.59 Å². The zero-order valence-corrected chi connectivity index (χ0v) is 18.2. The molecule has 1 N–H and O–H groups in total. The smallest absolute Gasteiger partial charge is 0.265 e. The molecule has 160 valence electrons. The van der Waals surface area contributed by atoms with Crippen LogP contribution in [0.5, 0.6) is 17.2 Å². The van der Waals surface area contributed by atoms with Gasteiger partial charge >= 0.3 is 0 Å². The first-order chi connectivity index (χ1) is 15.0. The fraction of sp³-hybridized carbons (Fsp3) is 0.190. The lowest BCUT2D eigenvalue weighted by atomic mass is 10.1. The highest BCUT2D eigenvalue weighted by Gasteiger charge is 2.28. The molecule has 0 saturated heterocycles. The molecule has 0 radical (unpaired) electrons. The number of ether oxygens (including phenoxy) is 3. The molecule has 2 heterocycles. The number of rotatable bonds is 6. The summed E-state index contributed by atoms with van der Waals surface area (Å²) in [5.41, 5.74) is 1.88. The molecule has 0 spiro atoms. The number of hydrogen-bond acceptors (Lipinski definition) is 7. The summed E-state index contributed by atoms with van der Waals surface area (Å²) in [6.07, 6.45) is 0. The van der Waals surface area contributed by atoms with Gasteiger partial charge in [0, 0.05) is 22.0 Å². The minimum atomic E-state index is -0.385. The third-order valence-electron chi connectivity index (χ3n) is 4.60. The molecule has 0 saturated carbocycles. The zero-order chi connectivity index (χ0) is 22.0. The van der Waals surface area contributed by atoms with Crippen LogP contribution in [0.3, 0.4) is 0 Å². The van der Waals surface area contributed by atoms with E-state index in [1.54, 1.807) is 38.5 Å². The molecule has 31 heavy (non-hydrogen) atoms. The van der Waals surface area contributed by atoms with Crippen LogP contribution in [0, 0.1) is 0 Å². The number of carbonyl (C=O) groups is 2. The first-order valence-electron chi connectivity index (χ1n) is 9.19. The number of anilines is 2. The highest BCUT2D eigenvalue weighted by Crippen LogP contribution is 2.36. The van der Waals surface area contributed by atoms with Gasteiger partial charge < -0.3 is 19.5 Å². The summed E-state index contributed by atoms with van der Waals surface area (Å²) in [5, 5.41) is 5.41. The monoisotopic (exact) mass is 459 g/mol. The zero-order valence-electron chi connectivity index (χ0n) is 16.7. The maximum Gasteiger partial charge on any atom is 0.265 e. The summed E-state index contributed by atoms with van der Waals surface area (Å²) in [5.74, 6) is 1.06. The predicted molar refractivity (Wildman–Crippen MR) is 119 cm³/mol. The van der Waals surface area contributed by atoms with E-state index < -0.39 is 0 Å². The standard InChI is InChI=1S/C21H18ClN3O5S/c1-28-13-4-5-14(18(8-13)29-2)15-11-31-21(23-15)24-19(26)9-25-16-7-12(22)3-6-17(16)30-10-20(25)27/h3-8,11H,9-10H2,1-2H3,(H,23,24,26). The van der Waals surface area contributed by atoms with E-state index >= 15 is 0 Å². The molecule has 1 aliphatic heterocycles. The molecule has 10 heteroatoms. The Hall–Kier alpha value is -3.30. The van der Waals surface area contributed by atoms with Gasteiger partial charge in [-0.2, -0.15) is 0 Å². The van der Waals surface area contributed by atoms with Crippen LogP contribution < -0.4 is 24.4 Å².